The number of carbonyl (C=O) groups is 2. The quantitative estimate of drug-likeness (QED) is 0.231. The first-order valence-electron chi connectivity index (χ1n) is 15.1. The van der Waals surface area contributed by atoms with Gasteiger partial charge >= 0.3 is 12.4 Å². The molecule has 270 valence electrons. The van der Waals surface area contributed by atoms with Crippen molar-refractivity contribution in [3.63, 3.8) is 0 Å². The van der Waals surface area contributed by atoms with Crippen molar-refractivity contribution >= 4 is 27.4 Å². The van der Waals surface area contributed by atoms with E-state index in [0.717, 1.165) is 24.3 Å². The molecule has 0 saturated carbocycles. The zero-order valence-electron chi connectivity index (χ0n) is 26.6. The molecule has 0 aliphatic carbocycles. The number of nitrogens with zero attached hydrogens (tertiary/aromatic N) is 1. The number of fused-ring (bicyclic) bond motifs is 2. The van der Waals surface area contributed by atoms with Gasteiger partial charge in [0.15, 0.2) is 11.9 Å². The van der Waals surface area contributed by atoms with E-state index in [1.165, 1.54) is 6.92 Å². The Morgan fingerprint density at radius 1 is 0.980 bits per heavy atom. The van der Waals surface area contributed by atoms with Crippen molar-refractivity contribution < 1.29 is 63.3 Å². The highest BCUT2D eigenvalue weighted by atomic mass is 32.2. The van der Waals surface area contributed by atoms with Crippen molar-refractivity contribution in [3.05, 3.63) is 88.7 Å². The third-order valence-corrected chi connectivity index (χ3v) is 10.8. The van der Waals surface area contributed by atoms with Gasteiger partial charge in [0.25, 0.3) is 15.6 Å². The number of benzene rings is 3. The second-order valence-corrected chi connectivity index (χ2v) is 14.5. The lowest BCUT2D eigenvalue weighted by Crippen LogP contribution is -2.59. The van der Waals surface area contributed by atoms with Crippen LogP contribution in [0.2, 0.25) is 0 Å². The number of ether oxygens (including phenoxy) is 2. The van der Waals surface area contributed by atoms with E-state index >= 15 is 0 Å². The molecule has 0 saturated heterocycles. The normalized spacial score (nSPS) is 19.9. The summed E-state index contributed by atoms with van der Waals surface area (Å²) in [6.45, 7) is 4.62. The van der Waals surface area contributed by atoms with Gasteiger partial charge in [0, 0.05) is 17.5 Å². The number of anilines is 1. The number of hydrogen-bond donors (Lipinski definition) is 2. The number of rotatable bonds is 8. The molecule has 17 heteroatoms. The van der Waals surface area contributed by atoms with Gasteiger partial charge in [0.2, 0.25) is 5.91 Å². The molecular formula is C33H31F7N2O7S. The third kappa shape index (κ3) is 6.41. The zero-order valence-corrected chi connectivity index (χ0v) is 27.4. The summed E-state index contributed by atoms with van der Waals surface area (Å²) in [7, 11) is -4.86. The van der Waals surface area contributed by atoms with Gasteiger partial charge in [0.05, 0.1) is 16.6 Å². The second-order valence-electron chi connectivity index (χ2n) is 12.6. The van der Waals surface area contributed by atoms with Crippen LogP contribution in [0.4, 0.5) is 36.4 Å². The first-order chi connectivity index (χ1) is 23.0. The van der Waals surface area contributed by atoms with Gasteiger partial charge in [-0.3, -0.25) is 13.9 Å². The topological polar surface area (TPSA) is 136 Å². The first-order valence-corrected chi connectivity index (χ1v) is 16.5. The van der Waals surface area contributed by atoms with Crippen molar-refractivity contribution in [2.75, 3.05) is 4.31 Å². The smallest absolute Gasteiger partial charge is 0.430 e. The lowest BCUT2D eigenvalue weighted by Gasteiger charge is -2.45. The number of aryl methyl sites for hydroxylation is 1. The van der Waals surface area contributed by atoms with Crippen LogP contribution < -0.4 is 14.8 Å². The molecule has 0 aromatic heterocycles. The van der Waals surface area contributed by atoms with E-state index in [9.17, 15) is 53.8 Å². The minimum absolute atomic E-state index is 0.0675. The fourth-order valence-electron chi connectivity index (χ4n) is 6.20. The number of Topliss-reactive ketones (excluding diaryl/α,β-unsaturated/α-hetero) is 1. The Kier molecular flexibility index (Phi) is 9.28. The Morgan fingerprint density at radius 2 is 1.60 bits per heavy atom. The summed E-state index contributed by atoms with van der Waals surface area (Å²) in [5, 5.41) is 10.0. The number of ketones is 1. The summed E-state index contributed by atoms with van der Waals surface area (Å²) in [6, 6.07) is 7.98. The van der Waals surface area contributed by atoms with Crippen LogP contribution in [0.5, 0.6) is 5.75 Å². The van der Waals surface area contributed by atoms with E-state index in [2.05, 4.69) is 0 Å². The van der Waals surface area contributed by atoms with Crippen molar-refractivity contribution in [3.8, 4) is 5.75 Å². The highest BCUT2D eigenvalue weighted by molar-refractivity contribution is 7.92. The Hall–Kier alpha value is -4.22. The number of alkyl halides is 6. The molecule has 2 heterocycles. The molecule has 3 unspecified atom stereocenters. The maximum absolute atomic E-state index is 14.2. The summed E-state index contributed by atoms with van der Waals surface area (Å²) in [4.78, 5) is 24.6. The summed E-state index contributed by atoms with van der Waals surface area (Å²) in [5.74, 6) is -1.78. The fourth-order valence-corrected chi connectivity index (χ4v) is 7.92. The molecule has 1 amide bonds. The highest BCUT2D eigenvalue weighted by Gasteiger charge is 2.71. The van der Waals surface area contributed by atoms with Gasteiger partial charge in [-0.05, 0) is 93.3 Å². The number of primary amides is 1. The number of amides is 1. The molecular weight excluding hydrogens is 701 g/mol. The van der Waals surface area contributed by atoms with Gasteiger partial charge in [-0.2, -0.15) is 26.3 Å². The van der Waals surface area contributed by atoms with Crippen LogP contribution in [0.25, 0.3) is 0 Å². The number of aliphatic hydroxyl groups is 1. The van der Waals surface area contributed by atoms with Crippen LogP contribution in [0.3, 0.4) is 0 Å². The van der Waals surface area contributed by atoms with E-state index in [1.807, 2.05) is 0 Å². The molecule has 9 nitrogen and oxygen atoms in total. The van der Waals surface area contributed by atoms with Crippen LogP contribution in [0.1, 0.15) is 54.2 Å². The Morgan fingerprint density at radius 3 is 2.16 bits per heavy atom. The maximum Gasteiger partial charge on any atom is 0.430 e. The van der Waals surface area contributed by atoms with E-state index in [0.29, 0.717) is 33.3 Å². The standard InChI is InChI=1S/C33H31F7N2O7S/c1-17(43)18-5-13-26-20(14-18)16-27(30(2,3)49-26)48-28(29(41)44)25-11-4-19-15-21(31(45,32(35,36)37)33(38,39)40)6-12-24(19)42(25)50(46,47)23-9-7-22(34)8-10-23/h5-10,12-15,25,27-28,45H,4,11,16H2,1-3H3,(H2,41,44). The SMILES string of the molecule is CC(=O)c1ccc2c(c1)CC(OC(C(N)=O)C1CCc3cc(C(O)(C(F)(F)F)C(F)(F)F)ccc3N1S(=O)(=O)c1ccc(F)cc1)C(C)(C)O2. The molecule has 0 radical (unpaired) electrons. The number of sulfonamides is 1. The fraction of sp³-hybridized carbons (Fsp3) is 0.394. The van der Waals surface area contributed by atoms with E-state index < -0.39 is 86.1 Å². The van der Waals surface area contributed by atoms with Crippen molar-refractivity contribution in [2.45, 2.75) is 86.7 Å². The number of halogens is 7. The predicted octanol–water partition coefficient (Wildman–Crippen LogP) is 5.50. The van der Waals surface area contributed by atoms with E-state index in [1.54, 1.807) is 32.0 Å². The van der Waals surface area contributed by atoms with E-state index in [-0.39, 0.29) is 30.3 Å². The largest absolute Gasteiger partial charge is 0.485 e. The molecule has 3 atom stereocenters. The lowest BCUT2D eigenvalue weighted by atomic mass is 9.86. The zero-order chi connectivity index (χ0) is 37.2. The van der Waals surface area contributed by atoms with Crippen molar-refractivity contribution in [1.82, 2.24) is 0 Å². The molecule has 2 aliphatic heterocycles. The Balaban J connectivity index is 1.62. The number of nitrogens with two attached hydrogens (primary N) is 1. The van der Waals surface area contributed by atoms with Crippen molar-refractivity contribution in [1.29, 1.82) is 0 Å². The molecule has 3 aromatic rings. The van der Waals surface area contributed by atoms with Crippen LogP contribution in [0, 0.1) is 5.82 Å². The molecule has 3 aromatic carbocycles. The maximum atomic E-state index is 14.2. The number of carbonyl (C=O) groups excluding carboxylic acids is 2. The molecule has 5 rings (SSSR count). The van der Waals surface area contributed by atoms with Crippen LogP contribution in [-0.4, -0.2) is 61.4 Å². The minimum atomic E-state index is -6.21. The van der Waals surface area contributed by atoms with E-state index in [4.69, 9.17) is 15.2 Å². The summed E-state index contributed by atoms with van der Waals surface area (Å²) in [6.07, 6.45) is -15.9. The second kappa shape index (κ2) is 12.5. The van der Waals surface area contributed by atoms with Gasteiger partial charge < -0.3 is 20.3 Å². The molecule has 0 spiro atoms. The average Bonchev–Trinajstić information content (AvgIpc) is 3.00. The monoisotopic (exact) mass is 732 g/mol. The van der Waals surface area contributed by atoms with Crippen LogP contribution in [0.15, 0.2) is 65.6 Å². The highest BCUT2D eigenvalue weighted by Crippen LogP contribution is 2.51. The minimum Gasteiger partial charge on any atom is -0.485 e. The molecule has 3 N–H and O–H groups in total. The van der Waals surface area contributed by atoms with Gasteiger partial charge in [0.1, 0.15) is 23.3 Å². The molecule has 50 heavy (non-hydrogen) atoms. The summed E-state index contributed by atoms with van der Waals surface area (Å²) >= 11 is 0. The van der Waals surface area contributed by atoms with Crippen LogP contribution >= 0.6 is 0 Å². The molecule has 2 aliphatic rings. The molecule has 0 bridgehead atoms. The lowest BCUT2D eigenvalue weighted by molar-refractivity contribution is -0.376. The van der Waals surface area contributed by atoms with Crippen LogP contribution in [-0.2, 0) is 38.0 Å². The summed E-state index contributed by atoms with van der Waals surface area (Å²) in [5.41, 5.74) is -2.16. The Labute approximate surface area is 281 Å². The van der Waals surface area contributed by atoms with Gasteiger partial charge in [-0.25, -0.2) is 12.8 Å². The average molecular weight is 733 g/mol. The third-order valence-electron chi connectivity index (χ3n) is 8.90. The van der Waals surface area contributed by atoms with Gasteiger partial charge in [-0.15, -0.1) is 0 Å². The predicted molar refractivity (Wildman–Crippen MR) is 163 cm³/mol. The first kappa shape index (κ1) is 37.0. The number of hydrogen-bond acceptors (Lipinski definition) is 7. The summed E-state index contributed by atoms with van der Waals surface area (Å²) < 4.78 is 138. The van der Waals surface area contributed by atoms with Crippen molar-refractivity contribution in [2.24, 2.45) is 5.73 Å². The molecule has 0 fully saturated rings. The Bertz CT molecular complexity index is 1920. The van der Waals surface area contributed by atoms with Gasteiger partial charge in [-0.1, -0.05) is 12.1 Å².